The molecule has 0 saturated carbocycles. The highest BCUT2D eigenvalue weighted by molar-refractivity contribution is 5.61. The van der Waals surface area contributed by atoms with E-state index in [1.165, 1.54) is 0 Å². The Labute approximate surface area is 173 Å². The Morgan fingerprint density at radius 3 is 2.70 bits per heavy atom. The number of hydrogen-bond donors (Lipinski definition) is 1. The molecule has 0 spiro atoms. The second kappa shape index (κ2) is 7.68. The van der Waals surface area contributed by atoms with Crippen LogP contribution >= 0.6 is 0 Å². The molecule has 7 nitrogen and oxygen atoms in total. The number of hydrogen-bond acceptors (Lipinski definition) is 6. The summed E-state index contributed by atoms with van der Waals surface area (Å²) in [6, 6.07) is 13.7. The molecule has 1 aliphatic heterocycles. The van der Waals surface area contributed by atoms with Crippen molar-refractivity contribution >= 4 is 0 Å². The molecule has 1 aliphatic rings. The quantitative estimate of drug-likeness (QED) is 0.566. The molecular weight excluding hydrogens is 378 g/mol. The van der Waals surface area contributed by atoms with Crippen molar-refractivity contribution in [3.05, 3.63) is 87.7 Å². The van der Waals surface area contributed by atoms with Crippen molar-refractivity contribution in [2.24, 2.45) is 0 Å². The topological polar surface area (TPSA) is 87.9 Å². The van der Waals surface area contributed by atoms with E-state index in [1.807, 2.05) is 49.4 Å². The Kier molecular flexibility index (Phi) is 4.72. The van der Waals surface area contributed by atoms with Crippen LogP contribution in [0.4, 0.5) is 0 Å². The molecule has 0 saturated heterocycles. The summed E-state index contributed by atoms with van der Waals surface area (Å²) in [5.74, 6) is 1.38. The molecule has 4 aromatic rings. The first-order valence-corrected chi connectivity index (χ1v) is 9.94. The first-order valence-electron chi connectivity index (χ1n) is 9.94. The molecular formula is C23H21N5O2. The van der Waals surface area contributed by atoms with E-state index in [1.54, 1.807) is 12.4 Å². The minimum absolute atomic E-state index is 0.0816. The highest BCUT2D eigenvalue weighted by Gasteiger charge is 2.24. The molecule has 0 radical (unpaired) electrons. The fourth-order valence-electron chi connectivity index (χ4n) is 3.88. The second-order valence-corrected chi connectivity index (χ2v) is 7.48. The van der Waals surface area contributed by atoms with Crippen LogP contribution in [0.1, 0.15) is 22.5 Å². The summed E-state index contributed by atoms with van der Waals surface area (Å²) in [6.07, 6.45) is 4.12. The van der Waals surface area contributed by atoms with Gasteiger partial charge in [-0.05, 0) is 19.1 Å². The number of nitrogens with zero attached hydrogens (tertiary/aromatic N) is 4. The molecule has 0 aliphatic carbocycles. The average molecular weight is 399 g/mol. The number of nitrogens with one attached hydrogen (secondary N) is 1. The lowest BCUT2D eigenvalue weighted by atomic mass is 10.0. The zero-order valence-electron chi connectivity index (χ0n) is 16.6. The van der Waals surface area contributed by atoms with Crippen molar-refractivity contribution in [2.45, 2.75) is 26.4 Å². The maximum Gasteiger partial charge on any atom is 0.255 e. The SMILES string of the molecule is Cc1noc(-c2ccccc2)c1CN1CCc2nc(-c3ccncc3)[nH]c(=O)c2C1. The first-order chi connectivity index (χ1) is 14.7. The van der Waals surface area contributed by atoms with Gasteiger partial charge in [-0.1, -0.05) is 35.5 Å². The molecule has 0 amide bonds. The Balaban J connectivity index is 1.41. The van der Waals surface area contributed by atoms with Crippen molar-refractivity contribution in [3.63, 3.8) is 0 Å². The summed E-state index contributed by atoms with van der Waals surface area (Å²) >= 11 is 0. The van der Waals surface area contributed by atoms with Crippen LogP contribution in [-0.2, 0) is 19.5 Å². The van der Waals surface area contributed by atoms with Crippen molar-refractivity contribution < 1.29 is 4.52 Å². The third-order valence-electron chi connectivity index (χ3n) is 5.50. The summed E-state index contributed by atoms with van der Waals surface area (Å²) < 4.78 is 5.62. The lowest BCUT2D eigenvalue weighted by molar-refractivity contribution is 0.241. The molecule has 0 atom stereocenters. The molecule has 5 rings (SSSR count). The summed E-state index contributed by atoms with van der Waals surface area (Å²) in [6.45, 7) is 3.99. The molecule has 1 aromatic carbocycles. The van der Waals surface area contributed by atoms with E-state index < -0.39 is 0 Å². The van der Waals surface area contributed by atoms with Crippen LogP contribution in [0.5, 0.6) is 0 Å². The van der Waals surface area contributed by atoms with Gasteiger partial charge in [0.1, 0.15) is 5.82 Å². The Morgan fingerprint density at radius 2 is 1.90 bits per heavy atom. The van der Waals surface area contributed by atoms with E-state index in [9.17, 15) is 4.79 Å². The van der Waals surface area contributed by atoms with Crippen molar-refractivity contribution in [3.8, 4) is 22.7 Å². The molecule has 1 N–H and O–H groups in total. The van der Waals surface area contributed by atoms with Crippen molar-refractivity contribution in [1.29, 1.82) is 0 Å². The van der Waals surface area contributed by atoms with E-state index in [2.05, 4.69) is 20.0 Å². The minimum Gasteiger partial charge on any atom is -0.356 e. The van der Waals surface area contributed by atoms with Gasteiger partial charge in [-0.25, -0.2) is 4.98 Å². The van der Waals surface area contributed by atoms with E-state index in [-0.39, 0.29) is 5.56 Å². The van der Waals surface area contributed by atoms with Crippen LogP contribution in [0.25, 0.3) is 22.7 Å². The summed E-state index contributed by atoms with van der Waals surface area (Å²) in [4.78, 5) is 26.7. The highest BCUT2D eigenvalue weighted by atomic mass is 16.5. The fraction of sp³-hybridized carbons (Fsp3) is 0.217. The predicted molar refractivity (Wildman–Crippen MR) is 113 cm³/mol. The van der Waals surface area contributed by atoms with Crippen molar-refractivity contribution in [2.75, 3.05) is 6.54 Å². The molecule has 7 heteroatoms. The number of pyridine rings is 1. The molecule has 4 heterocycles. The van der Waals surface area contributed by atoms with Crippen LogP contribution in [0.15, 0.2) is 64.2 Å². The van der Waals surface area contributed by atoms with Crippen LogP contribution in [0.2, 0.25) is 0 Å². The lowest BCUT2D eigenvalue weighted by Crippen LogP contribution is -2.35. The number of fused-ring (bicyclic) bond motifs is 1. The predicted octanol–water partition coefficient (Wildman–Crippen LogP) is 3.35. The summed E-state index contributed by atoms with van der Waals surface area (Å²) in [5, 5.41) is 4.18. The fourth-order valence-corrected chi connectivity index (χ4v) is 3.88. The van der Waals surface area contributed by atoms with Gasteiger partial charge in [-0.3, -0.25) is 14.7 Å². The van der Waals surface area contributed by atoms with E-state index in [0.717, 1.165) is 52.4 Å². The Morgan fingerprint density at radius 1 is 1.10 bits per heavy atom. The Hall–Kier alpha value is -3.58. The molecule has 150 valence electrons. The standard InChI is InChI=1S/C23H21N5O2/c1-15-18(21(30-27-15)16-5-3-2-4-6-16)13-28-12-9-20-19(14-28)23(29)26-22(25-20)17-7-10-24-11-8-17/h2-8,10-11H,9,12-14H2,1H3,(H,25,26,29). The van der Waals surface area contributed by atoms with E-state index in [0.29, 0.717) is 18.9 Å². The van der Waals surface area contributed by atoms with Gasteiger partial charge in [-0.2, -0.15) is 0 Å². The number of aryl methyl sites for hydroxylation is 1. The van der Waals surface area contributed by atoms with Gasteiger partial charge in [-0.15, -0.1) is 0 Å². The minimum atomic E-state index is -0.0816. The molecule has 3 aromatic heterocycles. The van der Waals surface area contributed by atoms with Crippen LogP contribution in [0.3, 0.4) is 0 Å². The normalized spacial score (nSPS) is 13.9. The van der Waals surface area contributed by atoms with Gasteiger partial charge in [0.25, 0.3) is 5.56 Å². The molecule has 0 unspecified atom stereocenters. The monoisotopic (exact) mass is 399 g/mol. The third kappa shape index (κ3) is 3.44. The van der Waals surface area contributed by atoms with Crippen molar-refractivity contribution in [1.82, 2.24) is 25.0 Å². The highest BCUT2D eigenvalue weighted by Crippen LogP contribution is 2.28. The van der Waals surface area contributed by atoms with Crippen LogP contribution < -0.4 is 5.56 Å². The third-order valence-corrected chi connectivity index (χ3v) is 5.50. The van der Waals surface area contributed by atoms with Gasteiger partial charge >= 0.3 is 0 Å². The number of benzene rings is 1. The number of aromatic nitrogens is 4. The number of rotatable bonds is 4. The maximum absolute atomic E-state index is 12.8. The van der Waals surface area contributed by atoms with Gasteiger partial charge in [0.15, 0.2) is 5.76 Å². The zero-order valence-corrected chi connectivity index (χ0v) is 16.6. The summed E-state index contributed by atoms with van der Waals surface area (Å²) in [7, 11) is 0. The zero-order chi connectivity index (χ0) is 20.5. The van der Waals surface area contributed by atoms with Gasteiger partial charge < -0.3 is 9.51 Å². The summed E-state index contributed by atoms with van der Waals surface area (Å²) in [5.41, 5.74) is 5.32. The second-order valence-electron chi connectivity index (χ2n) is 7.48. The van der Waals surface area contributed by atoms with Gasteiger partial charge in [0.05, 0.1) is 17.0 Å². The first kappa shape index (κ1) is 18.4. The molecule has 30 heavy (non-hydrogen) atoms. The van der Waals surface area contributed by atoms with Crippen LogP contribution in [-0.4, -0.2) is 31.6 Å². The molecule has 0 fully saturated rings. The maximum atomic E-state index is 12.8. The Bertz CT molecular complexity index is 1230. The number of H-pyrrole nitrogens is 1. The lowest BCUT2D eigenvalue weighted by Gasteiger charge is -2.27. The average Bonchev–Trinajstić information content (AvgIpc) is 3.15. The van der Waals surface area contributed by atoms with E-state index >= 15 is 0 Å². The largest absolute Gasteiger partial charge is 0.356 e. The smallest absolute Gasteiger partial charge is 0.255 e. The van der Waals surface area contributed by atoms with Gasteiger partial charge in [0, 0.05) is 55.1 Å². The van der Waals surface area contributed by atoms with Gasteiger partial charge in [0.2, 0.25) is 0 Å². The van der Waals surface area contributed by atoms with E-state index in [4.69, 9.17) is 9.51 Å². The van der Waals surface area contributed by atoms with Crippen LogP contribution in [0, 0.1) is 6.92 Å². The number of aromatic amines is 1. The molecule has 0 bridgehead atoms.